The van der Waals surface area contributed by atoms with Crippen LogP contribution in [0.15, 0.2) is 54.7 Å². The van der Waals surface area contributed by atoms with E-state index in [2.05, 4.69) is 47.8 Å². The molecule has 2 aromatic rings. The average molecular weight is 365 g/mol. The number of rotatable bonds is 7. The molecule has 0 radical (unpaired) electrons. The van der Waals surface area contributed by atoms with Gasteiger partial charge in [-0.25, -0.2) is 0 Å². The highest BCUT2D eigenvalue weighted by molar-refractivity contribution is 5.21. The quantitative estimate of drug-likeness (QED) is 0.725. The maximum atomic E-state index is 6.34. The van der Waals surface area contributed by atoms with E-state index in [-0.39, 0.29) is 11.0 Å². The van der Waals surface area contributed by atoms with Crippen molar-refractivity contribution in [3.05, 3.63) is 66.0 Å². The summed E-state index contributed by atoms with van der Waals surface area (Å²) in [4.78, 5) is 4.79. The molecule has 1 aromatic carbocycles. The first kappa shape index (κ1) is 18.6. The first-order valence-corrected chi connectivity index (χ1v) is 10.6. The molecule has 1 aliphatic carbocycles. The number of nitrogens with one attached hydrogen (secondary N) is 1. The van der Waals surface area contributed by atoms with Gasteiger partial charge in [-0.2, -0.15) is 0 Å². The van der Waals surface area contributed by atoms with Crippen LogP contribution in [0.5, 0.6) is 0 Å². The van der Waals surface area contributed by atoms with Crippen molar-refractivity contribution in [1.82, 2.24) is 10.3 Å². The minimum Gasteiger partial charge on any atom is -0.375 e. The van der Waals surface area contributed by atoms with Crippen LogP contribution in [-0.4, -0.2) is 30.3 Å². The third kappa shape index (κ3) is 4.41. The predicted octanol–water partition coefficient (Wildman–Crippen LogP) is 4.67. The summed E-state index contributed by atoms with van der Waals surface area (Å²) in [5.74, 6) is 0. The van der Waals surface area contributed by atoms with E-state index in [9.17, 15) is 0 Å². The van der Waals surface area contributed by atoms with E-state index in [1.807, 2.05) is 12.3 Å². The van der Waals surface area contributed by atoms with Gasteiger partial charge in [-0.15, -0.1) is 0 Å². The fourth-order valence-electron chi connectivity index (χ4n) is 5.13. The largest absolute Gasteiger partial charge is 0.375 e. The lowest BCUT2D eigenvalue weighted by atomic mass is 9.68. The Labute approximate surface area is 163 Å². The molecule has 1 N–H and O–H groups in total. The van der Waals surface area contributed by atoms with Gasteiger partial charge in [0.15, 0.2) is 0 Å². The van der Waals surface area contributed by atoms with Gasteiger partial charge in [0.05, 0.1) is 5.60 Å². The van der Waals surface area contributed by atoms with Gasteiger partial charge in [0.1, 0.15) is 0 Å². The van der Waals surface area contributed by atoms with E-state index in [0.717, 1.165) is 45.4 Å². The molecule has 1 atom stereocenters. The number of benzene rings is 1. The van der Waals surface area contributed by atoms with Gasteiger partial charge in [0, 0.05) is 23.9 Å². The van der Waals surface area contributed by atoms with Crippen molar-refractivity contribution >= 4 is 0 Å². The molecule has 144 valence electrons. The Morgan fingerprint density at radius 1 is 0.926 bits per heavy atom. The number of nitrogens with zero attached hydrogens (tertiary/aromatic N) is 1. The maximum Gasteiger partial charge on any atom is 0.0691 e. The normalized spacial score (nSPS) is 24.3. The summed E-state index contributed by atoms with van der Waals surface area (Å²) in [6, 6.07) is 17.1. The van der Waals surface area contributed by atoms with Crippen LogP contribution in [0.1, 0.15) is 56.2 Å². The topological polar surface area (TPSA) is 34.2 Å². The van der Waals surface area contributed by atoms with Gasteiger partial charge in [-0.3, -0.25) is 4.98 Å². The molecule has 1 spiro atoms. The van der Waals surface area contributed by atoms with Crippen molar-refractivity contribution in [2.24, 2.45) is 0 Å². The molecule has 2 fully saturated rings. The van der Waals surface area contributed by atoms with Crippen LogP contribution < -0.4 is 5.32 Å². The van der Waals surface area contributed by atoms with Crippen molar-refractivity contribution in [3.8, 4) is 0 Å². The van der Waals surface area contributed by atoms with Gasteiger partial charge in [-0.1, -0.05) is 49.2 Å². The standard InChI is InChI=1S/C24H32N2O/c1-2-8-21(9-3-1)11-17-25-18-14-23(22-10-4-7-16-26-22)15-19-27-24(20-23)12-5-6-13-24/h1-4,7-10,16,25H,5-6,11-15,17-20H2/t23-/m1/s1. The Balaban J connectivity index is 1.40. The first-order chi connectivity index (χ1) is 13.3. The minimum atomic E-state index is 0.111. The number of pyridine rings is 1. The third-order valence-electron chi connectivity index (χ3n) is 6.59. The fraction of sp³-hybridized carbons (Fsp3) is 0.542. The van der Waals surface area contributed by atoms with E-state index in [0.29, 0.717) is 0 Å². The Bertz CT molecular complexity index is 697. The predicted molar refractivity (Wildman–Crippen MR) is 110 cm³/mol. The molecule has 2 aliphatic rings. The molecule has 1 aromatic heterocycles. The smallest absolute Gasteiger partial charge is 0.0691 e. The zero-order valence-electron chi connectivity index (χ0n) is 16.3. The highest BCUT2D eigenvalue weighted by Gasteiger charge is 2.48. The van der Waals surface area contributed by atoms with Crippen molar-refractivity contribution in [1.29, 1.82) is 0 Å². The third-order valence-corrected chi connectivity index (χ3v) is 6.59. The van der Waals surface area contributed by atoms with Crippen molar-refractivity contribution in [3.63, 3.8) is 0 Å². The van der Waals surface area contributed by atoms with Gasteiger partial charge in [-0.05, 0) is 69.3 Å². The molecule has 0 amide bonds. The SMILES string of the molecule is c1ccc(CCNCC[C@@]2(c3ccccn3)CCOC3(CCCC3)C2)cc1. The summed E-state index contributed by atoms with van der Waals surface area (Å²) in [6.07, 6.45) is 11.5. The second-order valence-electron chi connectivity index (χ2n) is 8.40. The van der Waals surface area contributed by atoms with Crippen LogP contribution in [0.2, 0.25) is 0 Å². The molecule has 0 unspecified atom stereocenters. The summed E-state index contributed by atoms with van der Waals surface area (Å²) >= 11 is 0. The number of ether oxygens (including phenoxy) is 1. The number of hydrogen-bond donors (Lipinski definition) is 1. The molecule has 1 saturated heterocycles. The van der Waals surface area contributed by atoms with Crippen molar-refractivity contribution < 1.29 is 4.74 Å². The van der Waals surface area contributed by atoms with Crippen LogP contribution in [-0.2, 0) is 16.6 Å². The van der Waals surface area contributed by atoms with E-state index >= 15 is 0 Å². The van der Waals surface area contributed by atoms with Crippen LogP contribution in [0.3, 0.4) is 0 Å². The zero-order chi connectivity index (χ0) is 18.4. The summed E-state index contributed by atoms with van der Waals surface area (Å²) in [7, 11) is 0. The molecule has 3 heteroatoms. The second kappa shape index (κ2) is 8.53. The molecule has 1 aliphatic heterocycles. The van der Waals surface area contributed by atoms with Crippen molar-refractivity contribution in [2.45, 2.75) is 62.4 Å². The second-order valence-corrected chi connectivity index (χ2v) is 8.40. The molecule has 0 bridgehead atoms. The Hall–Kier alpha value is -1.71. The van der Waals surface area contributed by atoms with E-state index in [1.54, 1.807) is 0 Å². The molecule has 27 heavy (non-hydrogen) atoms. The fourth-order valence-corrected chi connectivity index (χ4v) is 5.13. The summed E-state index contributed by atoms with van der Waals surface area (Å²) in [6.45, 7) is 2.95. The van der Waals surface area contributed by atoms with Crippen LogP contribution >= 0.6 is 0 Å². The molecule has 2 heterocycles. The van der Waals surface area contributed by atoms with Gasteiger partial charge < -0.3 is 10.1 Å². The summed E-state index contributed by atoms with van der Waals surface area (Å²) in [5.41, 5.74) is 2.94. The molecular formula is C24H32N2O. The van der Waals surface area contributed by atoms with Gasteiger partial charge >= 0.3 is 0 Å². The monoisotopic (exact) mass is 364 g/mol. The number of hydrogen-bond acceptors (Lipinski definition) is 3. The van der Waals surface area contributed by atoms with Crippen molar-refractivity contribution in [2.75, 3.05) is 19.7 Å². The molecule has 3 nitrogen and oxygen atoms in total. The lowest BCUT2D eigenvalue weighted by Gasteiger charge is -2.46. The maximum absolute atomic E-state index is 6.34. The van der Waals surface area contributed by atoms with Crippen LogP contribution in [0.25, 0.3) is 0 Å². The molecular weight excluding hydrogens is 332 g/mol. The highest BCUT2D eigenvalue weighted by atomic mass is 16.5. The van der Waals surface area contributed by atoms with E-state index < -0.39 is 0 Å². The van der Waals surface area contributed by atoms with E-state index in [4.69, 9.17) is 9.72 Å². The lowest BCUT2D eigenvalue weighted by Crippen LogP contribution is -2.47. The zero-order valence-corrected chi connectivity index (χ0v) is 16.3. The van der Waals surface area contributed by atoms with E-state index in [1.165, 1.54) is 36.9 Å². The average Bonchev–Trinajstić information content (AvgIpc) is 3.16. The summed E-state index contributed by atoms with van der Waals surface area (Å²) in [5, 5.41) is 3.69. The molecule has 4 rings (SSSR count). The minimum absolute atomic E-state index is 0.111. The van der Waals surface area contributed by atoms with Gasteiger partial charge in [0.2, 0.25) is 0 Å². The Kier molecular flexibility index (Phi) is 5.89. The highest BCUT2D eigenvalue weighted by Crippen LogP contribution is 2.49. The Morgan fingerprint density at radius 3 is 2.52 bits per heavy atom. The number of aromatic nitrogens is 1. The summed E-state index contributed by atoms with van der Waals surface area (Å²) < 4.78 is 6.34. The molecule has 1 saturated carbocycles. The Morgan fingerprint density at radius 2 is 1.74 bits per heavy atom. The van der Waals surface area contributed by atoms with Crippen LogP contribution in [0, 0.1) is 0 Å². The van der Waals surface area contributed by atoms with Gasteiger partial charge in [0.25, 0.3) is 0 Å². The first-order valence-electron chi connectivity index (χ1n) is 10.6. The van der Waals surface area contributed by atoms with Crippen LogP contribution in [0.4, 0.5) is 0 Å². The lowest BCUT2D eigenvalue weighted by molar-refractivity contribution is -0.104.